The molecule has 1 atom stereocenters. The zero-order valence-corrected chi connectivity index (χ0v) is 16.6. The number of nitrogens with zero attached hydrogens (tertiary/aromatic N) is 1. The van der Waals surface area contributed by atoms with Crippen LogP contribution in [0.1, 0.15) is 17.2 Å². The number of aromatic amines is 1. The van der Waals surface area contributed by atoms with Crippen LogP contribution in [-0.2, 0) is 9.59 Å². The molecule has 1 aliphatic heterocycles. The Balaban J connectivity index is 1.76. The van der Waals surface area contributed by atoms with Crippen LogP contribution in [0.3, 0.4) is 0 Å². The fourth-order valence-electron chi connectivity index (χ4n) is 4.12. The molecule has 0 radical (unpaired) electrons. The Labute approximate surface area is 181 Å². The summed E-state index contributed by atoms with van der Waals surface area (Å²) >= 11 is 0. The van der Waals surface area contributed by atoms with E-state index in [1.54, 1.807) is 30.5 Å². The van der Waals surface area contributed by atoms with Crippen molar-refractivity contribution in [3.05, 3.63) is 102 Å². The number of halogens is 1. The number of hydrogen-bond donors (Lipinski definition) is 3. The average Bonchev–Trinajstić information content (AvgIpc) is 3.33. The number of benzene rings is 3. The molecule has 4 aromatic rings. The number of ketones is 1. The maximum atomic E-state index is 13.5. The Morgan fingerprint density at radius 3 is 2.47 bits per heavy atom. The lowest BCUT2D eigenvalue weighted by molar-refractivity contribution is -0.132. The number of H-pyrrole nitrogens is 1. The van der Waals surface area contributed by atoms with Crippen molar-refractivity contribution in [2.45, 2.75) is 6.04 Å². The van der Waals surface area contributed by atoms with Crippen molar-refractivity contribution in [2.24, 2.45) is 0 Å². The lowest BCUT2D eigenvalue weighted by Gasteiger charge is -2.25. The van der Waals surface area contributed by atoms with Crippen LogP contribution in [0.2, 0.25) is 0 Å². The van der Waals surface area contributed by atoms with Crippen LogP contribution >= 0.6 is 0 Å². The van der Waals surface area contributed by atoms with Crippen LogP contribution in [0.4, 0.5) is 10.1 Å². The van der Waals surface area contributed by atoms with Crippen LogP contribution in [0, 0.1) is 5.82 Å². The second kappa shape index (κ2) is 7.39. The van der Waals surface area contributed by atoms with E-state index in [9.17, 15) is 24.2 Å². The second-order valence-corrected chi connectivity index (χ2v) is 7.49. The molecule has 1 amide bonds. The van der Waals surface area contributed by atoms with Crippen molar-refractivity contribution >= 4 is 34.0 Å². The van der Waals surface area contributed by atoms with Crippen molar-refractivity contribution in [1.82, 2.24) is 4.98 Å². The number of hydrogen-bond acceptors (Lipinski definition) is 4. The molecule has 0 bridgehead atoms. The molecule has 7 heteroatoms. The minimum Gasteiger partial charge on any atom is -0.508 e. The van der Waals surface area contributed by atoms with E-state index < -0.39 is 23.5 Å². The minimum absolute atomic E-state index is 0.0562. The van der Waals surface area contributed by atoms with Gasteiger partial charge in [-0.05, 0) is 48.0 Å². The van der Waals surface area contributed by atoms with Gasteiger partial charge < -0.3 is 15.2 Å². The molecule has 5 rings (SSSR count). The summed E-state index contributed by atoms with van der Waals surface area (Å²) in [6, 6.07) is 17.5. The number of aliphatic hydroxyl groups is 1. The molecule has 6 nitrogen and oxygen atoms in total. The monoisotopic (exact) mass is 428 g/mol. The number of phenols is 1. The number of Topliss-reactive ketones (excluding diaryl/α,β-unsaturated/α-hetero) is 1. The molecule has 158 valence electrons. The number of phenolic OH excluding ortho intramolecular Hbond substituents is 1. The third-order valence-corrected chi connectivity index (χ3v) is 5.58. The number of nitrogens with one attached hydrogen (secondary N) is 1. The molecule has 32 heavy (non-hydrogen) atoms. The predicted octanol–water partition coefficient (Wildman–Crippen LogP) is 4.64. The van der Waals surface area contributed by atoms with Gasteiger partial charge in [0.25, 0.3) is 11.7 Å². The summed E-state index contributed by atoms with van der Waals surface area (Å²) in [5.74, 6) is -2.60. The number of carbonyl (C=O) groups excluding carboxylic acids is 2. The Morgan fingerprint density at radius 2 is 1.72 bits per heavy atom. The highest BCUT2D eigenvalue weighted by Gasteiger charge is 2.47. The first kappa shape index (κ1) is 19.6. The van der Waals surface area contributed by atoms with Gasteiger partial charge in [0.1, 0.15) is 17.3 Å². The first-order chi connectivity index (χ1) is 15.5. The molecule has 1 aromatic heterocycles. The zero-order valence-electron chi connectivity index (χ0n) is 16.6. The van der Waals surface area contributed by atoms with Gasteiger partial charge in [0, 0.05) is 28.4 Å². The number of para-hydroxylation sites is 1. The van der Waals surface area contributed by atoms with Crippen LogP contribution in [0.15, 0.2) is 84.6 Å². The van der Waals surface area contributed by atoms with Crippen LogP contribution in [0.25, 0.3) is 16.7 Å². The highest BCUT2D eigenvalue weighted by Crippen LogP contribution is 2.43. The number of anilines is 1. The summed E-state index contributed by atoms with van der Waals surface area (Å²) in [4.78, 5) is 30.5. The minimum atomic E-state index is -1.01. The van der Waals surface area contributed by atoms with Gasteiger partial charge in [0.15, 0.2) is 0 Å². The van der Waals surface area contributed by atoms with Gasteiger partial charge in [0.2, 0.25) is 0 Å². The van der Waals surface area contributed by atoms with E-state index in [1.165, 1.54) is 41.3 Å². The van der Waals surface area contributed by atoms with Gasteiger partial charge in [-0.1, -0.05) is 30.3 Å². The quantitative estimate of drug-likeness (QED) is 0.252. The van der Waals surface area contributed by atoms with Gasteiger partial charge in [-0.2, -0.15) is 0 Å². The summed E-state index contributed by atoms with van der Waals surface area (Å²) in [5.41, 5.74) is 1.74. The summed E-state index contributed by atoms with van der Waals surface area (Å²) < 4.78 is 13.5. The fraction of sp³-hybridized carbons (Fsp3) is 0.0400. The molecule has 0 aliphatic carbocycles. The summed E-state index contributed by atoms with van der Waals surface area (Å²) in [7, 11) is 0. The van der Waals surface area contributed by atoms with Crippen LogP contribution in [0.5, 0.6) is 5.75 Å². The van der Waals surface area contributed by atoms with Crippen molar-refractivity contribution in [3.8, 4) is 5.75 Å². The lowest BCUT2D eigenvalue weighted by Crippen LogP contribution is -2.29. The van der Waals surface area contributed by atoms with E-state index in [0.717, 1.165) is 5.52 Å². The first-order valence-electron chi connectivity index (χ1n) is 9.87. The summed E-state index contributed by atoms with van der Waals surface area (Å²) in [5, 5.41) is 22.0. The number of amides is 1. The number of aromatic hydroxyl groups is 1. The van der Waals surface area contributed by atoms with Crippen molar-refractivity contribution in [2.75, 3.05) is 4.90 Å². The second-order valence-electron chi connectivity index (χ2n) is 7.49. The molecule has 1 fully saturated rings. The van der Waals surface area contributed by atoms with Gasteiger partial charge in [-0.25, -0.2) is 4.39 Å². The highest BCUT2D eigenvalue weighted by molar-refractivity contribution is 6.51. The molecule has 1 saturated heterocycles. The maximum Gasteiger partial charge on any atom is 0.300 e. The zero-order chi connectivity index (χ0) is 22.4. The van der Waals surface area contributed by atoms with Crippen LogP contribution in [-0.4, -0.2) is 26.9 Å². The number of fused-ring (bicyclic) bond motifs is 1. The lowest BCUT2D eigenvalue weighted by atomic mass is 9.95. The van der Waals surface area contributed by atoms with Crippen molar-refractivity contribution in [1.29, 1.82) is 0 Å². The molecule has 1 unspecified atom stereocenters. The number of aromatic nitrogens is 1. The molecule has 3 aromatic carbocycles. The SMILES string of the molecule is O=C1C(=O)N(c2ccc(F)cc2)C(c2cccc(O)c2)/C1=C(/O)c1c[nH]c2ccccc12. The molecular weight excluding hydrogens is 411 g/mol. The van der Waals surface area contributed by atoms with Gasteiger partial charge in [0.05, 0.1) is 11.6 Å². The molecule has 0 spiro atoms. The molecule has 1 aliphatic rings. The standard InChI is InChI=1S/C25H17FN2O4/c26-15-8-10-16(11-9-15)28-22(14-4-3-5-17(29)12-14)21(24(31)25(28)32)23(30)19-13-27-20-7-2-1-6-18(19)20/h1-13,22,27,29-30H/b23-21-. The predicted molar refractivity (Wildman–Crippen MR) is 118 cm³/mol. The van der Waals surface area contributed by atoms with Gasteiger partial charge in [-0.3, -0.25) is 14.5 Å². The van der Waals surface area contributed by atoms with Gasteiger partial charge >= 0.3 is 0 Å². The normalized spacial score (nSPS) is 17.9. The molecular formula is C25H17FN2O4. The average molecular weight is 428 g/mol. The Bertz CT molecular complexity index is 1410. The van der Waals surface area contributed by atoms with E-state index >= 15 is 0 Å². The smallest absolute Gasteiger partial charge is 0.300 e. The third kappa shape index (κ3) is 3.02. The van der Waals surface area contributed by atoms with E-state index in [-0.39, 0.29) is 17.1 Å². The molecule has 0 saturated carbocycles. The van der Waals surface area contributed by atoms with Crippen molar-refractivity contribution < 1.29 is 24.2 Å². The number of carbonyl (C=O) groups is 2. The molecule has 3 N–H and O–H groups in total. The highest BCUT2D eigenvalue weighted by atomic mass is 19.1. The van der Waals surface area contributed by atoms with E-state index in [2.05, 4.69) is 4.98 Å². The summed E-state index contributed by atoms with van der Waals surface area (Å²) in [6.45, 7) is 0. The number of rotatable bonds is 3. The van der Waals surface area contributed by atoms with E-state index in [0.29, 0.717) is 22.2 Å². The van der Waals surface area contributed by atoms with Gasteiger partial charge in [-0.15, -0.1) is 0 Å². The Kier molecular flexibility index (Phi) is 4.52. The van der Waals surface area contributed by atoms with E-state index in [4.69, 9.17) is 0 Å². The Hall–Kier alpha value is -4.39. The maximum absolute atomic E-state index is 13.5. The van der Waals surface area contributed by atoms with E-state index in [1.807, 2.05) is 12.1 Å². The molecule has 2 heterocycles. The number of aliphatic hydroxyl groups excluding tert-OH is 1. The summed E-state index contributed by atoms with van der Waals surface area (Å²) in [6.07, 6.45) is 1.57. The Morgan fingerprint density at radius 1 is 0.969 bits per heavy atom. The largest absolute Gasteiger partial charge is 0.508 e. The topological polar surface area (TPSA) is 93.6 Å². The van der Waals surface area contributed by atoms with Crippen LogP contribution < -0.4 is 4.90 Å². The fourth-order valence-corrected chi connectivity index (χ4v) is 4.12. The first-order valence-corrected chi connectivity index (χ1v) is 9.87. The van der Waals surface area contributed by atoms with Crippen molar-refractivity contribution in [3.63, 3.8) is 0 Å². The third-order valence-electron chi connectivity index (χ3n) is 5.58.